The van der Waals surface area contributed by atoms with E-state index >= 15 is 0 Å². The molecule has 7 heteroatoms. The van der Waals surface area contributed by atoms with Gasteiger partial charge in [-0.3, -0.25) is 9.69 Å². The number of amides is 1. The first kappa shape index (κ1) is 24.4. The van der Waals surface area contributed by atoms with Crippen molar-refractivity contribution in [3.8, 4) is 0 Å². The monoisotopic (exact) mass is 457 g/mol. The highest BCUT2D eigenvalue weighted by Crippen LogP contribution is 2.19. The smallest absolute Gasteiger partial charge is 0.240 e. The Hall–Kier alpha value is -2.22. The Balaban J connectivity index is 1.49. The van der Waals surface area contributed by atoms with Crippen LogP contribution < -0.4 is 10.0 Å². The molecule has 0 aliphatic carbocycles. The fraction of sp³-hybridized carbons (Fsp3) is 0.480. The van der Waals surface area contributed by atoms with E-state index in [0.29, 0.717) is 19.6 Å². The van der Waals surface area contributed by atoms with Gasteiger partial charge < -0.3 is 5.32 Å². The first-order valence-electron chi connectivity index (χ1n) is 11.3. The molecule has 2 unspecified atom stereocenters. The standard InChI is InChI=1S/C25H35N3O3S/c1-18-7-11-24(12-8-18)32(30,31)26-15-22-6-5-13-28(16-22)17-25(29)27-21(4)23-10-9-19(2)20(3)14-23/h7-12,14,21-22,26H,5-6,13,15-17H2,1-4H3,(H,27,29). The predicted molar refractivity (Wildman–Crippen MR) is 128 cm³/mol. The van der Waals surface area contributed by atoms with E-state index in [0.717, 1.165) is 30.5 Å². The maximum atomic E-state index is 12.6. The van der Waals surface area contributed by atoms with Crippen LogP contribution in [0.4, 0.5) is 0 Å². The van der Waals surface area contributed by atoms with Crippen molar-refractivity contribution >= 4 is 15.9 Å². The normalized spacial score (nSPS) is 18.3. The van der Waals surface area contributed by atoms with Gasteiger partial charge in [0.15, 0.2) is 0 Å². The minimum absolute atomic E-state index is 0.00314. The van der Waals surface area contributed by atoms with Crippen LogP contribution in [0.15, 0.2) is 47.4 Å². The molecule has 2 atom stereocenters. The summed E-state index contributed by atoms with van der Waals surface area (Å²) in [7, 11) is -3.52. The van der Waals surface area contributed by atoms with E-state index in [1.165, 1.54) is 11.1 Å². The van der Waals surface area contributed by atoms with E-state index in [9.17, 15) is 13.2 Å². The summed E-state index contributed by atoms with van der Waals surface area (Å²) in [5.74, 6) is 0.186. The van der Waals surface area contributed by atoms with Crippen molar-refractivity contribution in [1.82, 2.24) is 14.9 Å². The first-order chi connectivity index (χ1) is 15.1. The largest absolute Gasteiger partial charge is 0.348 e. The second-order valence-electron chi connectivity index (χ2n) is 9.04. The van der Waals surface area contributed by atoms with Gasteiger partial charge in [0.1, 0.15) is 0 Å². The number of aryl methyl sites for hydroxylation is 3. The molecule has 1 fully saturated rings. The molecule has 2 aromatic carbocycles. The quantitative estimate of drug-likeness (QED) is 0.636. The first-order valence-corrected chi connectivity index (χ1v) is 12.8. The van der Waals surface area contributed by atoms with Crippen molar-refractivity contribution in [1.29, 1.82) is 0 Å². The minimum Gasteiger partial charge on any atom is -0.348 e. The number of nitrogens with zero attached hydrogens (tertiary/aromatic N) is 1. The molecule has 3 rings (SSSR count). The Morgan fingerprint density at radius 1 is 1.09 bits per heavy atom. The van der Waals surface area contributed by atoms with Crippen LogP contribution in [0.3, 0.4) is 0 Å². The summed E-state index contributed by atoms with van der Waals surface area (Å²) in [5.41, 5.74) is 4.58. The molecular weight excluding hydrogens is 422 g/mol. The highest BCUT2D eigenvalue weighted by Gasteiger charge is 2.24. The van der Waals surface area contributed by atoms with Crippen molar-refractivity contribution in [3.05, 3.63) is 64.7 Å². The number of benzene rings is 2. The molecule has 1 aliphatic rings. The van der Waals surface area contributed by atoms with E-state index in [2.05, 4.69) is 47.0 Å². The molecule has 0 radical (unpaired) electrons. The van der Waals surface area contributed by atoms with Gasteiger partial charge in [0.25, 0.3) is 0 Å². The third-order valence-electron chi connectivity index (χ3n) is 6.27. The van der Waals surface area contributed by atoms with Crippen LogP contribution in [-0.4, -0.2) is 45.4 Å². The van der Waals surface area contributed by atoms with E-state index < -0.39 is 10.0 Å². The van der Waals surface area contributed by atoms with Gasteiger partial charge in [-0.2, -0.15) is 0 Å². The van der Waals surface area contributed by atoms with Gasteiger partial charge in [0.2, 0.25) is 15.9 Å². The number of likely N-dealkylation sites (tertiary alicyclic amines) is 1. The zero-order chi connectivity index (χ0) is 23.3. The summed E-state index contributed by atoms with van der Waals surface area (Å²) in [4.78, 5) is 15.0. The number of carbonyl (C=O) groups excluding carboxylic acids is 1. The Labute approximate surface area is 192 Å². The summed E-state index contributed by atoms with van der Waals surface area (Å²) in [6, 6.07) is 13.1. The number of piperidine rings is 1. The van der Waals surface area contributed by atoms with Gasteiger partial charge in [0, 0.05) is 13.1 Å². The van der Waals surface area contributed by atoms with Crippen molar-refractivity contribution < 1.29 is 13.2 Å². The van der Waals surface area contributed by atoms with Crippen LogP contribution in [0.2, 0.25) is 0 Å². The lowest BCUT2D eigenvalue weighted by Crippen LogP contribution is -2.45. The van der Waals surface area contributed by atoms with Gasteiger partial charge in [-0.05, 0) is 81.8 Å². The lowest BCUT2D eigenvalue weighted by molar-refractivity contribution is -0.123. The zero-order valence-electron chi connectivity index (χ0n) is 19.5. The molecule has 1 heterocycles. The average Bonchev–Trinajstić information content (AvgIpc) is 2.75. The Kier molecular flexibility index (Phi) is 8.09. The third-order valence-corrected chi connectivity index (χ3v) is 7.71. The fourth-order valence-corrected chi connectivity index (χ4v) is 5.21. The zero-order valence-corrected chi connectivity index (χ0v) is 20.3. The number of hydrogen-bond donors (Lipinski definition) is 2. The molecular formula is C25H35N3O3S. The highest BCUT2D eigenvalue weighted by molar-refractivity contribution is 7.89. The molecule has 2 N–H and O–H groups in total. The van der Waals surface area contributed by atoms with E-state index in [1.54, 1.807) is 24.3 Å². The molecule has 0 bridgehead atoms. The molecule has 0 saturated carbocycles. The molecule has 1 saturated heterocycles. The van der Waals surface area contributed by atoms with E-state index in [1.807, 2.05) is 13.8 Å². The molecule has 0 aromatic heterocycles. The summed E-state index contributed by atoms with van der Waals surface area (Å²) < 4.78 is 27.9. The Bertz CT molecular complexity index is 1030. The van der Waals surface area contributed by atoms with Crippen LogP contribution in [-0.2, 0) is 14.8 Å². The van der Waals surface area contributed by atoms with Crippen LogP contribution in [0.1, 0.15) is 48.1 Å². The van der Waals surface area contributed by atoms with Crippen molar-refractivity contribution in [2.24, 2.45) is 5.92 Å². The Morgan fingerprint density at radius 2 is 1.81 bits per heavy atom. The van der Waals surface area contributed by atoms with Gasteiger partial charge in [-0.25, -0.2) is 13.1 Å². The van der Waals surface area contributed by atoms with Gasteiger partial charge >= 0.3 is 0 Å². The molecule has 0 spiro atoms. The number of hydrogen-bond acceptors (Lipinski definition) is 4. The van der Waals surface area contributed by atoms with Crippen molar-refractivity contribution in [2.45, 2.75) is 51.5 Å². The molecule has 1 amide bonds. The minimum atomic E-state index is -3.52. The van der Waals surface area contributed by atoms with E-state index in [-0.39, 0.29) is 22.8 Å². The van der Waals surface area contributed by atoms with Crippen molar-refractivity contribution in [3.63, 3.8) is 0 Å². The summed E-state index contributed by atoms with van der Waals surface area (Å²) in [6.07, 6.45) is 1.91. The highest BCUT2D eigenvalue weighted by atomic mass is 32.2. The molecule has 1 aliphatic heterocycles. The van der Waals surface area contributed by atoms with Crippen LogP contribution in [0.25, 0.3) is 0 Å². The van der Waals surface area contributed by atoms with Crippen LogP contribution >= 0.6 is 0 Å². The average molecular weight is 458 g/mol. The SMILES string of the molecule is Cc1ccc(S(=O)(=O)NCC2CCCN(CC(=O)NC(C)c3ccc(C)c(C)c3)C2)cc1. The molecule has 6 nitrogen and oxygen atoms in total. The van der Waals surface area contributed by atoms with Crippen LogP contribution in [0.5, 0.6) is 0 Å². The van der Waals surface area contributed by atoms with Crippen LogP contribution in [0, 0.1) is 26.7 Å². The lowest BCUT2D eigenvalue weighted by atomic mass is 9.98. The van der Waals surface area contributed by atoms with Gasteiger partial charge in [-0.1, -0.05) is 35.9 Å². The Morgan fingerprint density at radius 3 is 2.50 bits per heavy atom. The molecule has 2 aromatic rings. The topological polar surface area (TPSA) is 78.5 Å². The number of rotatable bonds is 8. The van der Waals surface area contributed by atoms with Gasteiger partial charge in [0.05, 0.1) is 17.5 Å². The molecule has 32 heavy (non-hydrogen) atoms. The second-order valence-corrected chi connectivity index (χ2v) is 10.8. The third kappa shape index (κ3) is 6.64. The molecule has 174 valence electrons. The van der Waals surface area contributed by atoms with E-state index in [4.69, 9.17) is 0 Å². The second kappa shape index (κ2) is 10.6. The maximum Gasteiger partial charge on any atom is 0.240 e. The maximum absolute atomic E-state index is 12.6. The predicted octanol–water partition coefficient (Wildman–Crippen LogP) is 3.48. The summed E-state index contributed by atoms with van der Waals surface area (Å²) in [5, 5.41) is 3.10. The summed E-state index contributed by atoms with van der Waals surface area (Å²) in [6.45, 7) is 10.4. The fourth-order valence-electron chi connectivity index (χ4n) is 4.10. The summed E-state index contributed by atoms with van der Waals surface area (Å²) >= 11 is 0. The van der Waals surface area contributed by atoms with Crippen molar-refractivity contribution in [2.75, 3.05) is 26.2 Å². The number of carbonyl (C=O) groups is 1. The number of sulfonamides is 1. The number of nitrogens with one attached hydrogen (secondary N) is 2. The van der Waals surface area contributed by atoms with Gasteiger partial charge in [-0.15, -0.1) is 0 Å². The lowest BCUT2D eigenvalue weighted by Gasteiger charge is -2.32.